The Bertz CT molecular complexity index is 586. The van der Waals surface area contributed by atoms with Gasteiger partial charge in [-0.1, -0.05) is 6.92 Å². The summed E-state index contributed by atoms with van der Waals surface area (Å²) < 4.78 is 33.5. The molecule has 1 atom stereocenters. The van der Waals surface area contributed by atoms with E-state index in [9.17, 15) is 8.78 Å². The molecule has 0 aliphatic heterocycles. The quantitative estimate of drug-likeness (QED) is 0.513. The summed E-state index contributed by atoms with van der Waals surface area (Å²) in [6.45, 7) is 1.89. The smallest absolute Gasteiger partial charge is 0.145 e. The van der Waals surface area contributed by atoms with Gasteiger partial charge in [-0.15, -0.1) is 0 Å². The Morgan fingerprint density at radius 1 is 1.37 bits per heavy atom. The lowest BCUT2D eigenvalue weighted by atomic mass is 9.98. The van der Waals surface area contributed by atoms with Crippen LogP contribution in [-0.4, -0.2) is 0 Å². The van der Waals surface area contributed by atoms with Crippen molar-refractivity contribution in [3.05, 3.63) is 57.5 Å². The summed E-state index contributed by atoms with van der Waals surface area (Å²) in [5, 5.41) is 0. The van der Waals surface area contributed by atoms with Gasteiger partial charge in [0, 0.05) is 17.5 Å². The van der Waals surface area contributed by atoms with E-state index in [2.05, 4.69) is 21.4 Å². The number of benzene rings is 1. The summed E-state index contributed by atoms with van der Waals surface area (Å²) in [5.74, 6) is 4.77. The maximum Gasteiger partial charge on any atom is 0.145 e. The molecule has 0 fully saturated rings. The molecule has 1 heterocycles. The van der Waals surface area contributed by atoms with Gasteiger partial charge < -0.3 is 4.42 Å². The first-order valence-electron chi connectivity index (χ1n) is 5.75. The van der Waals surface area contributed by atoms with Crippen LogP contribution in [0.1, 0.15) is 29.9 Å². The average Bonchev–Trinajstić information content (AvgIpc) is 2.87. The normalized spacial score (nSPS) is 12.7. The summed E-state index contributed by atoms with van der Waals surface area (Å²) >= 11 is 3.04. The van der Waals surface area contributed by atoms with Crippen molar-refractivity contribution in [2.75, 3.05) is 0 Å². The number of nitrogens with one attached hydrogen (secondary N) is 1. The minimum Gasteiger partial charge on any atom is -0.469 e. The van der Waals surface area contributed by atoms with Crippen LogP contribution in [0.15, 0.2) is 33.4 Å². The molecular formula is C13H13BrF2N2O. The van der Waals surface area contributed by atoms with E-state index in [0.717, 1.165) is 0 Å². The highest BCUT2D eigenvalue weighted by Crippen LogP contribution is 2.32. The van der Waals surface area contributed by atoms with Crippen LogP contribution in [-0.2, 0) is 6.42 Å². The molecule has 3 nitrogen and oxygen atoms in total. The Morgan fingerprint density at radius 3 is 2.74 bits per heavy atom. The van der Waals surface area contributed by atoms with Crippen LogP contribution >= 0.6 is 15.9 Å². The van der Waals surface area contributed by atoms with Gasteiger partial charge in [0.05, 0.1) is 16.8 Å². The van der Waals surface area contributed by atoms with Crippen LogP contribution in [0.2, 0.25) is 0 Å². The van der Waals surface area contributed by atoms with Crippen molar-refractivity contribution in [1.82, 2.24) is 5.43 Å². The molecule has 0 aliphatic carbocycles. The number of nitrogens with two attached hydrogens (primary N) is 1. The third kappa shape index (κ3) is 2.56. The fourth-order valence-corrected chi connectivity index (χ4v) is 2.38. The van der Waals surface area contributed by atoms with E-state index in [1.165, 1.54) is 18.4 Å². The average molecular weight is 331 g/mol. The molecular weight excluding hydrogens is 318 g/mol. The first-order valence-corrected chi connectivity index (χ1v) is 6.55. The van der Waals surface area contributed by atoms with Gasteiger partial charge in [-0.3, -0.25) is 5.84 Å². The molecule has 0 aliphatic rings. The number of furan rings is 1. The zero-order valence-electron chi connectivity index (χ0n) is 10.2. The van der Waals surface area contributed by atoms with E-state index < -0.39 is 17.7 Å². The monoisotopic (exact) mass is 330 g/mol. The summed E-state index contributed by atoms with van der Waals surface area (Å²) in [5.41, 5.74) is 2.94. The lowest BCUT2D eigenvalue weighted by Gasteiger charge is -2.18. The summed E-state index contributed by atoms with van der Waals surface area (Å²) in [4.78, 5) is 0. The Kier molecular flexibility index (Phi) is 4.34. The second kappa shape index (κ2) is 5.81. The molecule has 0 amide bonds. The Balaban J connectivity index is 2.58. The van der Waals surface area contributed by atoms with Crippen LogP contribution < -0.4 is 11.3 Å². The van der Waals surface area contributed by atoms with Gasteiger partial charge in [0.15, 0.2) is 0 Å². The Morgan fingerprint density at radius 2 is 2.11 bits per heavy atom. The van der Waals surface area contributed by atoms with Crippen molar-refractivity contribution in [2.24, 2.45) is 5.84 Å². The number of hydrogen-bond acceptors (Lipinski definition) is 3. The summed E-state index contributed by atoms with van der Waals surface area (Å²) in [6, 6.07) is 3.37. The van der Waals surface area contributed by atoms with Crippen molar-refractivity contribution in [3.63, 3.8) is 0 Å². The van der Waals surface area contributed by atoms with Crippen LogP contribution in [0.25, 0.3) is 0 Å². The van der Waals surface area contributed by atoms with Gasteiger partial charge in [0.2, 0.25) is 0 Å². The Labute approximate surface area is 117 Å². The van der Waals surface area contributed by atoms with E-state index in [4.69, 9.17) is 10.3 Å². The van der Waals surface area contributed by atoms with E-state index >= 15 is 0 Å². The van der Waals surface area contributed by atoms with Crippen molar-refractivity contribution in [1.29, 1.82) is 0 Å². The van der Waals surface area contributed by atoms with Crippen molar-refractivity contribution in [3.8, 4) is 0 Å². The third-order valence-corrected chi connectivity index (χ3v) is 3.56. The van der Waals surface area contributed by atoms with E-state index in [-0.39, 0.29) is 10.0 Å². The van der Waals surface area contributed by atoms with E-state index in [1.807, 2.05) is 6.92 Å². The van der Waals surface area contributed by atoms with Gasteiger partial charge in [0.25, 0.3) is 0 Å². The topological polar surface area (TPSA) is 51.2 Å². The van der Waals surface area contributed by atoms with Crippen LogP contribution in [0.5, 0.6) is 0 Å². The molecule has 3 N–H and O–H groups in total. The molecule has 1 aromatic carbocycles. The molecule has 0 spiro atoms. The molecule has 0 radical (unpaired) electrons. The van der Waals surface area contributed by atoms with E-state index in [0.29, 0.717) is 17.7 Å². The second-order valence-corrected chi connectivity index (χ2v) is 4.86. The highest BCUT2D eigenvalue weighted by Gasteiger charge is 2.25. The maximum atomic E-state index is 14.1. The van der Waals surface area contributed by atoms with Crippen molar-refractivity contribution < 1.29 is 13.2 Å². The number of hydrazine groups is 1. The molecule has 19 heavy (non-hydrogen) atoms. The lowest BCUT2D eigenvalue weighted by Crippen LogP contribution is -2.30. The second-order valence-electron chi connectivity index (χ2n) is 4.01. The zero-order chi connectivity index (χ0) is 14.0. The van der Waals surface area contributed by atoms with E-state index in [1.54, 1.807) is 6.07 Å². The largest absolute Gasteiger partial charge is 0.469 e. The molecule has 2 aromatic rings. The first kappa shape index (κ1) is 14.2. The predicted octanol–water partition coefficient (Wildman–Crippen LogP) is 3.44. The minimum absolute atomic E-state index is 0.132. The minimum atomic E-state index is -0.800. The fraction of sp³-hybridized carbons (Fsp3) is 0.231. The van der Waals surface area contributed by atoms with Crippen molar-refractivity contribution >= 4 is 15.9 Å². The highest BCUT2D eigenvalue weighted by atomic mass is 79.9. The summed E-state index contributed by atoms with van der Waals surface area (Å²) in [6.07, 6.45) is 2.09. The molecule has 1 aromatic heterocycles. The lowest BCUT2D eigenvalue weighted by molar-refractivity contribution is 0.483. The molecule has 6 heteroatoms. The standard InChI is InChI=1S/C13H13BrF2N2O/c1-2-10-7(5-6-19-10)13(18-17)11-9(15)4-3-8(14)12(11)16/h3-6,13,18H,2,17H2,1H3. The van der Waals surface area contributed by atoms with Gasteiger partial charge >= 0.3 is 0 Å². The summed E-state index contributed by atoms with van der Waals surface area (Å²) in [7, 11) is 0. The first-order chi connectivity index (χ1) is 9.10. The zero-order valence-corrected chi connectivity index (χ0v) is 11.8. The predicted molar refractivity (Wildman–Crippen MR) is 71.3 cm³/mol. The molecule has 1 unspecified atom stereocenters. The number of halogens is 3. The number of hydrogen-bond donors (Lipinski definition) is 2. The molecule has 0 bridgehead atoms. The fourth-order valence-electron chi connectivity index (χ4n) is 2.03. The van der Waals surface area contributed by atoms with Gasteiger partial charge in [-0.05, 0) is 34.1 Å². The SMILES string of the molecule is CCc1occc1C(NN)c1c(F)ccc(Br)c1F. The molecule has 0 saturated carbocycles. The van der Waals surface area contributed by atoms with Crippen LogP contribution in [0, 0.1) is 11.6 Å². The molecule has 2 rings (SSSR count). The van der Waals surface area contributed by atoms with Gasteiger partial charge in [-0.2, -0.15) is 0 Å². The highest BCUT2D eigenvalue weighted by molar-refractivity contribution is 9.10. The molecule has 0 saturated heterocycles. The van der Waals surface area contributed by atoms with Crippen LogP contribution in [0.3, 0.4) is 0 Å². The molecule has 102 valence electrons. The van der Waals surface area contributed by atoms with Crippen LogP contribution in [0.4, 0.5) is 8.78 Å². The number of aryl methyl sites for hydroxylation is 1. The Hall–Kier alpha value is -1.24. The third-order valence-electron chi connectivity index (χ3n) is 2.95. The van der Waals surface area contributed by atoms with Gasteiger partial charge in [0.1, 0.15) is 17.4 Å². The maximum absolute atomic E-state index is 14.1. The number of rotatable bonds is 4. The van der Waals surface area contributed by atoms with Gasteiger partial charge in [-0.25, -0.2) is 14.2 Å². The van der Waals surface area contributed by atoms with Crippen molar-refractivity contribution in [2.45, 2.75) is 19.4 Å².